The monoisotopic (exact) mass is 305 g/mol. The van der Waals surface area contributed by atoms with Crippen LogP contribution >= 0.6 is 11.3 Å². The third-order valence-corrected chi connectivity index (χ3v) is 3.79. The average Bonchev–Trinajstić information content (AvgIpc) is 2.88. The summed E-state index contributed by atoms with van der Waals surface area (Å²) in [4.78, 5) is 29.4. The van der Waals surface area contributed by atoms with Gasteiger partial charge in [-0.25, -0.2) is 9.78 Å². The third-order valence-electron chi connectivity index (χ3n) is 2.85. The summed E-state index contributed by atoms with van der Waals surface area (Å²) < 4.78 is 0. The average molecular weight is 305 g/mol. The van der Waals surface area contributed by atoms with E-state index in [2.05, 4.69) is 10.3 Å². The summed E-state index contributed by atoms with van der Waals surface area (Å²) in [6.45, 7) is 1.81. The summed E-state index contributed by atoms with van der Waals surface area (Å²) in [5, 5.41) is 11.7. The number of nitrogens with zero attached hydrogens (tertiary/aromatic N) is 2. The van der Waals surface area contributed by atoms with Crippen LogP contribution in [0, 0.1) is 6.92 Å². The van der Waals surface area contributed by atoms with Crippen LogP contribution in [-0.4, -0.2) is 28.6 Å². The predicted octanol–water partition coefficient (Wildman–Crippen LogP) is 2.25. The van der Waals surface area contributed by atoms with Gasteiger partial charge in [0.05, 0.1) is 17.7 Å². The van der Waals surface area contributed by atoms with Gasteiger partial charge in [-0.2, -0.15) is 0 Å². The zero-order valence-corrected chi connectivity index (χ0v) is 12.3. The number of nitrogens with one attached hydrogen (secondary N) is 1. The highest BCUT2D eigenvalue weighted by Crippen LogP contribution is 2.15. The molecule has 0 fully saturated rings. The van der Waals surface area contributed by atoms with Crippen molar-refractivity contribution in [2.24, 2.45) is 0 Å². The number of hydrogen-bond acceptors (Lipinski definition) is 4. The first-order valence-corrected chi connectivity index (χ1v) is 7.17. The molecule has 1 heterocycles. The minimum absolute atomic E-state index is 0.332. The number of carboxylic acids is 1. The topological polar surface area (TPSA) is 82.5 Å². The maximum atomic E-state index is 12.2. The molecule has 0 saturated heterocycles. The Kier molecular flexibility index (Phi) is 4.89. The molecule has 2 amide bonds. The van der Waals surface area contributed by atoms with Gasteiger partial charge in [-0.05, 0) is 19.1 Å². The third kappa shape index (κ3) is 4.03. The molecule has 0 unspecified atom stereocenters. The molecule has 0 aliphatic heterocycles. The Morgan fingerprint density at radius 3 is 2.62 bits per heavy atom. The normalized spacial score (nSPS) is 10.1. The molecule has 0 spiro atoms. The molecular weight excluding hydrogens is 290 g/mol. The van der Waals surface area contributed by atoms with Gasteiger partial charge in [0.15, 0.2) is 0 Å². The highest BCUT2D eigenvalue weighted by molar-refractivity contribution is 7.09. The Morgan fingerprint density at radius 1 is 1.33 bits per heavy atom. The summed E-state index contributed by atoms with van der Waals surface area (Å²) in [6, 6.07) is 8.26. The van der Waals surface area contributed by atoms with Crippen molar-refractivity contribution in [2.75, 3.05) is 11.4 Å². The number of carbonyl (C=O) groups is 2. The van der Waals surface area contributed by atoms with E-state index in [9.17, 15) is 9.59 Å². The summed E-state index contributed by atoms with van der Waals surface area (Å²) in [6.07, 6.45) is 0. The number of amides is 2. The Bertz CT molecular complexity index is 627. The molecule has 0 saturated carbocycles. The molecule has 0 radical (unpaired) electrons. The molecular formula is C14H15N3O3S. The van der Waals surface area contributed by atoms with Crippen LogP contribution in [-0.2, 0) is 11.3 Å². The van der Waals surface area contributed by atoms with E-state index in [1.165, 1.54) is 16.2 Å². The number of para-hydroxylation sites is 1. The van der Waals surface area contributed by atoms with Gasteiger partial charge < -0.3 is 10.4 Å². The molecule has 110 valence electrons. The van der Waals surface area contributed by atoms with Gasteiger partial charge in [0.1, 0.15) is 6.54 Å². The number of hydrogen-bond donors (Lipinski definition) is 2. The largest absolute Gasteiger partial charge is 0.480 e. The van der Waals surface area contributed by atoms with Gasteiger partial charge in [0.25, 0.3) is 0 Å². The Balaban J connectivity index is 2.08. The van der Waals surface area contributed by atoms with Gasteiger partial charge in [-0.3, -0.25) is 9.69 Å². The first kappa shape index (κ1) is 15.0. The zero-order valence-electron chi connectivity index (χ0n) is 11.4. The molecule has 21 heavy (non-hydrogen) atoms. The summed E-state index contributed by atoms with van der Waals surface area (Å²) in [7, 11) is 0. The van der Waals surface area contributed by atoms with E-state index in [0.29, 0.717) is 12.2 Å². The first-order valence-electron chi connectivity index (χ1n) is 6.29. The maximum absolute atomic E-state index is 12.2. The summed E-state index contributed by atoms with van der Waals surface area (Å²) >= 11 is 1.45. The number of anilines is 1. The van der Waals surface area contributed by atoms with Gasteiger partial charge in [0, 0.05) is 10.6 Å². The number of carboxylic acid groups (broad SMARTS) is 1. The van der Waals surface area contributed by atoms with Crippen LogP contribution in [0.2, 0.25) is 0 Å². The lowest BCUT2D eigenvalue weighted by Crippen LogP contribution is -2.42. The van der Waals surface area contributed by atoms with Crippen LogP contribution in [0.1, 0.15) is 10.6 Å². The number of aromatic nitrogens is 1. The number of aryl methyl sites for hydroxylation is 1. The smallest absolute Gasteiger partial charge is 0.323 e. The number of urea groups is 1. The highest BCUT2D eigenvalue weighted by Gasteiger charge is 2.18. The van der Waals surface area contributed by atoms with Crippen LogP contribution in [0.5, 0.6) is 0 Å². The minimum Gasteiger partial charge on any atom is -0.480 e. The molecule has 0 atom stereocenters. The number of thiazole rings is 1. The van der Waals surface area contributed by atoms with Crippen molar-refractivity contribution in [1.29, 1.82) is 0 Å². The molecule has 0 aliphatic rings. The van der Waals surface area contributed by atoms with E-state index in [4.69, 9.17) is 5.11 Å². The van der Waals surface area contributed by atoms with Crippen LogP contribution in [0.3, 0.4) is 0 Å². The summed E-state index contributed by atoms with van der Waals surface area (Å²) in [5.74, 6) is -1.07. The highest BCUT2D eigenvalue weighted by atomic mass is 32.1. The van der Waals surface area contributed by atoms with Crippen LogP contribution in [0.4, 0.5) is 10.5 Å². The second-order valence-electron chi connectivity index (χ2n) is 4.34. The van der Waals surface area contributed by atoms with E-state index >= 15 is 0 Å². The van der Waals surface area contributed by atoms with Crippen LogP contribution in [0.25, 0.3) is 0 Å². The van der Waals surface area contributed by atoms with Crippen LogP contribution < -0.4 is 10.2 Å². The van der Waals surface area contributed by atoms with Gasteiger partial charge in [-0.15, -0.1) is 11.3 Å². The summed E-state index contributed by atoms with van der Waals surface area (Å²) in [5.41, 5.74) is 3.12. The van der Waals surface area contributed by atoms with E-state index in [1.54, 1.807) is 35.8 Å². The standard InChI is InChI=1S/C14H15N3O3S/c1-10-12(21-9-16-10)7-15-14(20)17(8-13(18)19)11-5-3-2-4-6-11/h2-6,9H,7-8H2,1H3,(H,15,20)(H,18,19). The van der Waals surface area contributed by atoms with Crippen molar-refractivity contribution in [1.82, 2.24) is 10.3 Å². The Labute approximate surface area is 126 Å². The molecule has 2 N–H and O–H groups in total. The van der Waals surface area contributed by atoms with Gasteiger partial charge in [0.2, 0.25) is 0 Å². The quantitative estimate of drug-likeness (QED) is 0.887. The number of carbonyl (C=O) groups excluding carboxylic acids is 1. The second-order valence-corrected chi connectivity index (χ2v) is 5.27. The molecule has 1 aromatic heterocycles. The predicted molar refractivity (Wildman–Crippen MR) is 80.5 cm³/mol. The lowest BCUT2D eigenvalue weighted by atomic mass is 10.3. The molecule has 2 aromatic rings. The molecule has 0 aliphatic carbocycles. The van der Waals surface area contributed by atoms with E-state index in [0.717, 1.165) is 10.6 Å². The fourth-order valence-corrected chi connectivity index (χ4v) is 2.49. The Morgan fingerprint density at radius 2 is 2.05 bits per heavy atom. The fraction of sp³-hybridized carbons (Fsp3) is 0.214. The first-order chi connectivity index (χ1) is 10.1. The lowest BCUT2D eigenvalue weighted by molar-refractivity contribution is -0.135. The minimum atomic E-state index is -1.07. The lowest BCUT2D eigenvalue weighted by Gasteiger charge is -2.21. The van der Waals surface area contributed by atoms with Crippen molar-refractivity contribution in [3.05, 3.63) is 46.4 Å². The number of benzene rings is 1. The Hall–Kier alpha value is -2.41. The van der Waals surface area contributed by atoms with Crippen molar-refractivity contribution >= 4 is 29.0 Å². The fourth-order valence-electron chi connectivity index (χ4n) is 1.77. The van der Waals surface area contributed by atoms with Crippen molar-refractivity contribution in [2.45, 2.75) is 13.5 Å². The van der Waals surface area contributed by atoms with Gasteiger partial charge in [-0.1, -0.05) is 18.2 Å². The maximum Gasteiger partial charge on any atom is 0.323 e. The van der Waals surface area contributed by atoms with E-state index < -0.39 is 18.5 Å². The zero-order chi connectivity index (χ0) is 15.2. The molecule has 2 rings (SSSR count). The molecule has 6 nitrogen and oxygen atoms in total. The molecule has 1 aromatic carbocycles. The van der Waals surface area contributed by atoms with E-state index in [1.807, 2.05) is 6.92 Å². The van der Waals surface area contributed by atoms with Crippen molar-refractivity contribution in [3.8, 4) is 0 Å². The van der Waals surface area contributed by atoms with Crippen molar-refractivity contribution < 1.29 is 14.7 Å². The second kappa shape index (κ2) is 6.85. The number of aliphatic carboxylic acids is 1. The van der Waals surface area contributed by atoms with Crippen LogP contribution in [0.15, 0.2) is 35.8 Å². The molecule has 0 bridgehead atoms. The number of rotatable bonds is 5. The SMILES string of the molecule is Cc1ncsc1CNC(=O)N(CC(=O)O)c1ccccc1. The molecule has 7 heteroatoms. The van der Waals surface area contributed by atoms with Crippen molar-refractivity contribution in [3.63, 3.8) is 0 Å². The van der Waals surface area contributed by atoms with Gasteiger partial charge >= 0.3 is 12.0 Å². The van der Waals surface area contributed by atoms with E-state index in [-0.39, 0.29) is 0 Å².